The number of hydrogen-bond donors (Lipinski definition) is 1. The molecule has 0 unspecified atom stereocenters. The predicted molar refractivity (Wildman–Crippen MR) is 139 cm³/mol. The Morgan fingerprint density at radius 2 is 1.65 bits per heavy atom. The number of urea groups is 1. The molecule has 0 bridgehead atoms. The zero-order valence-corrected chi connectivity index (χ0v) is 20.3. The molecule has 1 aliphatic heterocycles. The maximum absolute atomic E-state index is 13.1. The zero-order valence-electron chi connectivity index (χ0n) is 20.3. The van der Waals surface area contributed by atoms with Crippen LogP contribution in [0.4, 0.5) is 10.5 Å². The van der Waals surface area contributed by atoms with E-state index >= 15 is 0 Å². The number of carbonyl (C=O) groups is 4. The van der Waals surface area contributed by atoms with Crippen LogP contribution in [0.25, 0.3) is 12.2 Å². The summed E-state index contributed by atoms with van der Waals surface area (Å²) in [5, 5.41) is 2.20. The van der Waals surface area contributed by atoms with Crippen molar-refractivity contribution < 1.29 is 28.7 Å². The lowest BCUT2D eigenvalue weighted by Gasteiger charge is -2.26. The Morgan fingerprint density at radius 3 is 2.35 bits per heavy atom. The van der Waals surface area contributed by atoms with Gasteiger partial charge in [-0.1, -0.05) is 54.1 Å². The molecule has 0 saturated carbocycles. The van der Waals surface area contributed by atoms with Crippen LogP contribution >= 0.6 is 0 Å². The topological polar surface area (TPSA) is 102 Å². The summed E-state index contributed by atoms with van der Waals surface area (Å²) in [5.41, 5.74) is 2.37. The maximum Gasteiger partial charge on any atom is 0.336 e. The van der Waals surface area contributed by atoms with E-state index in [1.54, 1.807) is 49.4 Å². The van der Waals surface area contributed by atoms with Crippen LogP contribution in [0.1, 0.15) is 23.6 Å². The summed E-state index contributed by atoms with van der Waals surface area (Å²) in [6.45, 7) is 3.95. The lowest BCUT2D eigenvalue weighted by molar-refractivity contribution is -0.129. The molecule has 0 aliphatic carbocycles. The molecule has 8 heteroatoms. The van der Waals surface area contributed by atoms with E-state index < -0.39 is 23.8 Å². The lowest BCUT2D eigenvalue weighted by Crippen LogP contribution is -2.54. The molecule has 1 N–H and O–H groups in total. The van der Waals surface area contributed by atoms with E-state index in [-0.39, 0.29) is 17.1 Å². The van der Waals surface area contributed by atoms with Crippen molar-refractivity contribution in [2.75, 3.05) is 11.5 Å². The van der Waals surface area contributed by atoms with Gasteiger partial charge >= 0.3 is 12.0 Å². The van der Waals surface area contributed by atoms with Crippen molar-refractivity contribution in [1.82, 2.24) is 5.32 Å². The van der Waals surface area contributed by atoms with Crippen LogP contribution in [0, 0.1) is 6.92 Å². The molecule has 37 heavy (non-hydrogen) atoms. The molecule has 0 aromatic heterocycles. The summed E-state index contributed by atoms with van der Waals surface area (Å²) in [5.74, 6) is -1.71. The van der Waals surface area contributed by atoms with Crippen LogP contribution in [-0.4, -0.2) is 30.4 Å². The Labute approximate surface area is 213 Å². The van der Waals surface area contributed by atoms with Crippen LogP contribution in [0.5, 0.6) is 11.5 Å². The van der Waals surface area contributed by atoms with Gasteiger partial charge in [-0.2, -0.15) is 0 Å². The second-order valence-electron chi connectivity index (χ2n) is 8.10. The number of anilines is 1. The Hall–Kier alpha value is -4.98. The molecule has 4 amide bonds. The first-order valence-corrected chi connectivity index (χ1v) is 11.6. The van der Waals surface area contributed by atoms with Crippen LogP contribution in [0.3, 0.4) is 0 Å². The molecule has 4 rings (SSSR count). The molecule has 1 aliphatic rings. The lowest BCUT2D eigenvalue weighted by atomic mass is 10.1. The molecule has 1 heterocycles. The maximum atomic E-state index is 13.1. The summed E-state index contributed by atoms with van der Waals surface area (Å²) >= 11 is 0. The number of barbiturate groups is 1. The van der Waals surface area contributed by atoms with Crippen molar-refractivity contribution in [3.8, 4) is 11.5 Å². The van der Waals surface area contributed by atoms with Crippen molar-refractivity contribution in [2.45, 2.75) is 13.8 Å². The molecule has 0 atom stereocenters. The normalized spacial score (nSPS) is 14.7. The first-order chi connectivity index (χ1) is 17.9. The Morgan fingerprint density at radius 1 is 0.919 bits per heavy atom. The van der Waals surface area contributed by atoms with Gasteiger partial charge in [-0.05, 0) is 61.4 Å². The van der Waals surface area contributed by atoms with Crippen molar-refractivity contribution >= 4 is 41.7 Å². The number of carbonyl (C=O) groups excluding carboxylic acids is 4. The smallest absolute Gasteiger partial charge is 0.336 e. The van der Waals surface area contributed by atoms with Gasteiger partial charge in [-0.3, -0.25) is 14.9 Å². The van der Waals surface area contributed by atoms with Crippen LogP contribution in [0.15, 0.2) is 84.4 Å². The van der Waals surface area contributed by atoms with Crippen LogP contribution in [0.2, 0.25) is 0 Å². The fourth-order valence-corrected chi connectivity index (χ4v) is 3.59. The summed E-state index contributed by atoms with van der Waals surface area (Å²) in [6, 6.07) is 19.9. The number of ether oxygens (including phenoxy) is 2. The molecule has 0 radical (unpaired) electrons. The molecular formula is C29H24N2O6. The van der Waals surface area contributed by atoms with Gasteiger partial charge in [0.05, 0.1) is 12.3 Å². The summed E-state index contributed by atoms with van der Waals surface area (Å²) in [4.78, 5) is 51.3. The van der Waals surface area contributed by atoms with E-state index in [0.717, 1.165) is 16.0 Å². The van der Waals surface area contributed by atoms with Gasteiger partial charge in [-0.15, -0.1) is 0 Å². The third-order valence-electron chi connectivity index (χ3n) is 5.39. The highest BCUT2D eigenvalue weighted by Gasteiger charge is 2.36. The third kappa shape index (κ3) is 5.99. The molecule has 186 valence electrons. The minimum atomic E-state index is -0.822. The van der Waals surface area contributed by atoms with Gasteiger partial charge in [0, 0.05) is 6.08 Å². The van der Waals surface area contributed by atoms with E-state index in [2.05, 4.69) is 5.32 Å². The molecule has 3 aromatic rings. The number of imide groups is 2. The number of hydrogen-bond acceptors (Lipinski definition) is 6. The number of benzene rings is 3. The predicted octanol–water partition coefficient (Wildman–Crippen LogP) is 4.68. The number of rotatable bonds is 7. The summed E-state index contributed by atoms with van der Waals surface area (Å²) in [7, 11) is 0. The second kappa shape index (κ2) is 11.2. The average molecular weight is 497 g/mol. The van der Waals surface area contributed by atoms with Gasteiger partial charge in [0.1, 0.15) is 5.57 Å². The monoisotopic (exact) mass is 496 g/mol. The van der Waals surface area contributed by atoms with Gasteiger partial charge in [0.15, 0.2) is 11.5 Å². The number of aryl methyl sites for hydroxylation is 1. The van der Waals surface area contributed by atoms with Gasteiger partial charge in [-0.25, -0.2) is 14.5 Å². The van der Waals surface area contributed by atoms with Gasteiger partial charge < -0.3 is 9.47 Å². The molecular weight excluding hydrogens is 472 g/mol. The van der Waals surface area contributed by atoms with Crippen LogP contribution in [-0.2, 0) is 14.4 Å². The molecule has 8 nitrogen and oxygen atoms in total. The minimum Gasteiger partial charge on any atom is -0.490 e. The number of nitrogens with zero attached hydrogens (tertiary/aromatic N) is 1. The zero-order chi connectivity index (χ0) is 26.4. The van der Waals surface area contributed by atoms with Crippen molar-refractivity contribution in [3.05, 3.63) is 101 Å². The van der Waals surface area contributed by atoms with E-state index in [4.69, 9.17) is 9.47 Å². The van der Waals surface area contributed by atoms with E-state index in [9.17, 15) is 19.2 Å². The van der Waals surface area contributed by atoms with Crippen molar-refractivity contribution in [1.29, 1.82) is 0 Å². The first kappa shape index (κ1) is 25.1. The van der Waals surface area contributed by atoms with Crippen LogP contribution < -0.4 is 19.7 Å². The van der Waals surface area contributed by atoms with E-state index in [1.165, 1.54) is 18.2 Å². The Bertz CT molecular complexity index is 1410. The van der Waals surface area contributed by atoms with Crippen molar-refractivity contribution in [3.63, 3.8) is 0 Å². The fourth-order valence-electron chi connectivity index (χ4n) is 3.59. The summed E-state index contributed by atoms with van der Waals surface area (Å²) in [6.07, 6.45) is 4.30. The second-order valence-corrected chi connectivity index (χ2v) is 8.10. The van der Waals surface area contributed by atoms with Crippen molar-refractivity contribution in [2.24, 2.45) is 0 Å². The van der Waals surface area contributed by atoms with E-state index in [0.29, 0.717) is 17.9 Å². The quantitative estimate of drug-likeness (QED) is 0.221. The van der Waals surface area contributed by atoms with Gasteiger partial charge in [0.2, 0.25) is 0 Å². The number of nitrogens with one attached hydrogen (secondary N) is 1. The third-order valence-corrected chi connectivity index (χ3v) is 5.39. The summed E-state index contributed by atoms with van der Waals surface area (Å²) < 4.78 is 11.1. The number of esters is 1. The highest BCUT2D eigenvalue weighted by atomic mass is 16.6. The minimum absolute atomic E-state index is 0.183. The number of amides is 4. The Balaban J connectivity index is 1.58. The molecule has 1 saturated heterocycles. The Kier molecular flexibility index (Phi) is 7.59. The standard InChI is InChI=1S/C29H24N2O6/c1-3-36-25-18-21(11-15-24(25)37-26(32)16-12-20-7-5-4-6-8-20)17-23-27(33)30-29(35)31(28(23)34)22-13-9-19(2)10-14-22/h4-18H,3H2,1-2H3,(H,30,33,35)/b16-12+,23-17+. The average Bonchev–Trinajstić information content (AvgIpc) is 2.88. The SMILES string of the molecule is CCOc1cc(/C=C2\C(=O)NC(=O)N(c3ccc(C)cc3)C2=O)ccc1OC(=O)/C=C/c1ccccc1. The highest BCUT2D eigenvalue weighted by Crippen LogP contribution is 2.30. The van der Waals surface area contributed by atoms with Gasteiger partial charge in [0.25, 0.3) is 11.8 Å². The fraction of sp³-hybridized carbons (Fsp3) is 0.103. The van der Waals surface area contributed by atoms with E-state index in [1.807, 2.05) is 37.3 Å². The first-order valence-electron chi connectivity index (χ1n) is 11.6. The molecule has 1 fully saturated rings. The molecule has 0 spiro atoms. The highest BCUT2D eigenvalue weighted by molar-refractivity contribution is 6.39. The largest absolute Gasteiger partial charge is 0.490 e. The molecule has 3 aromatic carbocycles.